The van der Waals surface area contributed by atoms with E-state index in [-0.39, 0.29) is 17.4 Å². The minimum Gasteiger partial charge on any atom is -0.356 e. The number of nitrogens with one attached hydrogen (secondary N) is 1. The number of pyridine rings is 1. The first-order valence-electron chi connectivity index (χ1n) is 9.24. The summed E-state index contributed by atoms with van der Waals surface area (Å²) in [5, 5.41) is 3.58. The number of hydrogen-bond acceptors (Lipinski definition) is 2. The molecule has 1 saturated carbocycles. The van der Waals surface area contributed by atoms with E-state index in [1.54, 1.807) is 16.8 Å². The average molecular weight is 353 g/mol. The third-order valence-electron chi connectivity index (χ3n) is 5.01. The lowest BCUT2D eigenvalue weighted by Gasteiger charge is -2.27. The second-order valence-electron chi connectivity index (χ2n) is 6.88. The van der Waals surface area contributed by atoms with Crippen molar-refractivity contribution in [1.82, 2.24) is 9.88 Å². The van der Waals surface area contributed by atoms with E-state index in [4.69, 9.17) is 11.6 Å². The van der Waals surface area contributed by atoms with Crippen molar-refractivity contribution in [3.8, 4) is 0 Å². The molecule has 2 rings (SSSR count). The normalized spacial score (nSPS) is 20.8. The molecule has 4 nitrogen and oxygen atoms in total. The van der Waals surface area contributed by atoms with Gasteiger partial charge in [-0.3, -0.25) is 9.59 Å². The summed E-state index contributed by atoms with van der Waals surface area (Å²) in [6.45, 7) is 3.41. The monoisotopic (exact) mass is 352 g/mol. The van der Waals surface area contributed by atoms with Gasteiger partial charge in [-0.1, -0.05) is 37.8 Å². The number of amides is 1. The van der Waals surface area contributed by atoms with E-state index in [0.717, 1.165) is 25.2 Å². The summed E-state index contributed by atoms with van der Waals surface area (Å²) in [7, 11) is 0. The van der Waals surface area contributed by atoms with Crippen molar-refractivity contribution < 1.29 is 4.79 Å². The lowest BCUT2D eigenvalue weighted by atomic mass is 9.79. The van der Waals surface area contributed by atoms with Crippen LogP contribution in [0.25, 0.3) is 0 Å². The van der Waals surface area contributed by atoms with Crippen molar-refractivity contribution in [2.24, 2.45) is 11.8 Å². The van der Waals surface area contributed by atoms with Gasteiger partial charge >= 0.3 is 0 Å². The molecule has 1 amide bonds. The molecule has 0 saturated heterocycles. The Kier molecular flexibility index (Phi) is 7.83. The van der Waals surface area contributed by atoms with Crippen molar-refractivity contribution in [1.29, 1.82) is 0 Å². The molecule has 1 aliphatic rings. The molecule has 0 atom stereocenters. The molecule has 0 spiro atoms. The van der Waals surface area contributed by atoms with E-state index >= 15 is 0 Å². The molecule has 1 N–H and O–H groups in total. The summed E-state index contributed by atoms with van der Waals surface area (Å²) in [4.78, 5) is 23.9. The third-order valence-corrected chi connectivity index (χ3v) is 5.23. The minimum absolute atomic E-state index is 0.0591. The van der Waals surface area contributed by atoms with Crippen LogP contribution in [0.1, 0.15) is 58.3 Å². The molecule has 1 aromatic rings. The second-order valence-corrected chi connectivity index (χ2v) is 7.32. The molecule has 0 radical (unpaired) electrons. The zero-order valence-electron chi connectivity index (χ0n) is 14.6. The van der Waals surface area contributed by atoms with Gasteiger partial charge in [0.25, 0.3) is 5.56 Å². The van der Waals surface area contributed by atoms with Crippen molar-refractivity contribution in [3.63, 3.8) is 0 Å². The summed E-state index contributed by atoms with van der Waals surface area (Å²) in [6, 6.07) is 3.07. The van der Waals surface area contributed by atoms with Crippen LogP contribution in [0, 0.1) is 11.8 Å². The van der Waals surface area contributed by atoms with Gasteiger partial charge < -0.3 is 9.88 Å². The van der Waals surface area contributed by atoms with Gasteiger partial charge in [0, 0.05) is 31.3 Å². The number of aryl methyl sites for hydroxylation is 1. The van der Waals surface area contributed by atoms with Crippen LogP contribution in [0.5, 0.6) is 0 Å². The standard InChI is InChI=1S/C19H29ClN2O2/c1-2-3-5-15-6-8-16(9-7-15)19(24)21-12-4-13-22-14-17(20)10-11-18(22)23/h10-11,14-16H,2-9,12-13H2,1H3,(H,21,24). The number of aromatic nitrogens is 1. The summed E-state index contributed by atoms with van der Waals surface area (Å²) < 4.78 is 1.59. The molecule has 1 aromatic heterocycles. The van der Waals surface area contributed by atoms with Crippen LogP contribution < -0.4 is 10.9 Å². The fourth-order valence-electron chi connectivity index (χ4n) is 3.49. The molecule has 1 heterocycles. The Morgan fingerprint density at radius 1 is 1.25 bits per heavy atom. The minimum atomic E-state index is -0.0591. The maximum atomic E-state index is 12.3. The van der Waals surface area contributed by atoms with Gasteiger partial charge in [0.15, 0.2) is 0 Å². The van der Waals surface area contributed by atoms with E-state index in [0.29, 0.717) is 18.1 Å². The largest absolute Gasteiger partial charge is 0.356 e. The molecular weight excluding hydrogens is 324 g/mol. The fourth-order valence-corrected chi connectivity index (χ4v) is 3.67. The van der Waals surface area contributed by atoms with Crippen LogP contribution in [0.3, 0.4) is 0 Å². The summed E-state index contributed by atoms with van der Waals surface area (Å²) in [5.74, 6) is 1.18. The molecule has 5 heteroatoms. The summed E-state index contributed by atoms with van der Waals surface area (Å²) in [5.41, 5.74) is -0.0591. The fraction of sp³-hybridized carbons (Fsp3) is 0.684. The number of unbranched alkanes of at least 4 members (excludes halogenated alkanes) is 1. The van der Waals surface area contributed by atoms with Gasteiger partial charge in [0.05, 0.1) is 5.02 Å². The van der Waals surface area contributed by atoms with E-state index in [2.05, 4.69) is 12.2 Å². The van der Waals surface area contributed by atoms with Gasteiger partial charge in [0.2, 0.25) is 5.91 Å². The van der Waals surface area contributed by atoms with Gasteiger partial charge in [-0.2, -0.15) is 0 Å². The van der Waals surface area contributed by atoms with E-state index in [1.165, 1.54) is 38.2 Å². The Labute approximate surface area is 149 Å². The molecule has 0 aromatic carbocycles. The summed E-state index contributed by atoms with van der Waals surface area (Å²) >= 11 is 5.90. The van der Waals surface area contributed by atoms with Crippen LogP contribution in [0.2, 0.25) is 5.02 Å². The highest BCUT2D eigenvalue weighted by atomic mass is 35.5. The molecule has 0 unspecified atom stereocenters. The number of carbonyl (C=O) groups is 1. The van der Waals surface area contributed by atoms with E-state index in [1.807, 2.05) is 0 Å². The number of halogens is 1. The third kappa shape index (κ3) is 5.97. The van der Waals surface area contributed by atoms with Crippen molar-refractivity contribution >= 4 is 17.5 Å². The van der Waals surface area contributed by atoms with Crippen LogP contribution >= 0.6 is 11.6 Å². The topological polar surface area (TPSA) is 51.1 Å². The Morgan fingerprint density at radius 3 is 2.71 bits per heavy atom. The van der Waals surface area contributed by atoms with Crippen LogP contribution in [0.15, 0.2) is 23.1 Å². The lowest BCUT2D eigenvalue weighted by Crippen LogP contribution is -2.34. The molecule has 0 bridgehead atoms. The Balaban J connectivity index is 1.65. The molecular formula is C19H29ClN2O2. The van der Waals surface area contributed by atoms with E-state index in [9.17, 15) is 9.59 Å². The maximum absolute atomic E-state index is 12.3. The van der Waals surface area contributed by atoms with Gasteiger partial charge in [-0.25, -0.2) is 0 Å². The van der Waals surface area contributed by atoms with Crippen molar-refractivity contribution in [3.05, 3.63) is 33.7 Å². The Morgan fingerprint density at radius 2 is 2.00 bits per heavy atom. The smallest absolute Gasteiger partial charge is 0.250 e. The Bertz CT molecular complexity index is 577. The molecule has 134 valence electrons. The zero-order chi connectivity index (χ0) is 17.4. The first-order valence-corrected chi connectivity index (χ1v) is 9.61. The highest BCUT2D eigenvalue weighted by Gasteiger charge is 2.25. The van der Waals surface area contributed by atoms with Crippen molar-refractivity contribution in [2.45, 2.75) is 64.8 Å². The molecule has 1 fully saturated rings. The number of rotatable bonds is 8. The SMILES string of the molecule is CCCCC1CCC(C(=O)NCCCn2cc(Cl)ccc2=O)CC1. The number of hydrogen-bond donors (Lipinski definition) is 1. The highest BCUT2D eigenvalue weighted by molar-refractivity contribution is 6.30. The van der Waals surface area contributed by atoms with Crippen molar-refractivity contribution in [2.75, 3.05) is 6.54 Å². The van der Waals surface area contributed by atoms with Gasteiger partial charge in [0.1, 0.15) is 0 Å². The first-order chi connectivity index (χ1) is 11.6. The quantitative estimate of drug-likeness (QED) is 0.719. The first kappa shape index (κ1) is 19.0. The van der Waals surface area contributed by atoms with Crippen LogP contribution in [0.4, 0.5) is 0 Å². The number of nitrogens with zero attached hydrogens (tertiary/aromatic N) is 1. The predicted molar refractivity (Wildman–Crippen MR) is 98.3 cm³/mol. The van der Waals surface area contributed by atoms with Gasteiger partial charge in [-0.15, -0.1) is 0 Å². The van der Waals surface area contributed by atoms with Crippen LogP contribution in [-0.2, 0) is 11.3 Å². The Hall–Kier alpha value is -1.29. The van der Waals surface area contributed by atoms with Gasteiger partial charge in [-0.05, 0) is 44.1 Å². The predicted octanol–water partition coefficient (Wildman–Crippen LogP) is 4.00. The maximum Gasteiger partial charge on any atom is 0.250 e. The lowest BCUT2D eigenvalue weighted by molar-refractivity contribution is -0.126. The van der Waals surface area contributed by atoms with E-state index < -0.39 is 0 Å². The molecule has 0 aliphatic heterocycles. The highest BCUT2D eigenvalue weighted by Crippen LogP contribution is 2.31. The molecule has 1 aliphatic carbocycles. The zero-order valence-corrected chi connectivity index (χ0v) is 15.4. The molecule has 24 heavy (non-hydrogen) atoms. The number of carbonyl (C=O) groups excluding carboxylic acids is 1. The second kappa shape index (κ2) is 9.87. The van der Waals surface area contributed by atoms with Crippen LogP contribution in [-0.4, -0.2) is 17.0 Å². The average Bonchev–Trinajstić information content (AvgIpc) is 2.60. The summed E-state index contributed by atoms with van der Waals surface area (Å²) in [6.07, 6.45) is 10.7.